The smallest absolute Gasteiger partial charge is 0.224 e. The zero-order valence-corrected chi connectivity index (χ0v) is 36.4. The molecule has 2 saturated heterocycles. The van der Waals surface area contributed by atoms with E-state index in [9.17, 15) is 10.2 Å². The second kappa shape index (κ2) is 23.9. The van der Waals surface area contributed by atoms with Crippen molar-refractivity contribution in [3.05, 3.63) is 215 Å². The van der Waals surface area contributed by atoms with Gasteiger partial charge in [-0.3, -0.25) is 0 Å². The number of hydrogen-bond donors (Lipinski definition) is 2. The Morgan fingerprint density at radius 2 is 0.754 bits per heavy atom. The molecule has 0 bridgehead atoms. The van der Waals surface area contributed by atoms with Crippen LogP contribution in [0.1, 0.15) is 33.4 Å². The molecule has 9 atom stereocenters. The van der Waals surface area contributed by atoms with Crippen LogP contribution in [0.2, 0.25) is 0 Å². The Hall–Kier alpha value is -5.12. The van der Waals surface area contributed by atoms with E-state index in [0.29, 0.717) is 6.61 Å². The van der Waals surface area contributed by atoms with Gasteiger partial charge in [-0.05, 0) is 33.4 Å². The summed E-state index contributed by atoms with van der Waals surface area (Å²) in [6, 6.07) is 58.8. The standard InChI is InChI=1S/C54H58O11/c55-48-46(37-57-31-40-19-7-1-8-20-40)64-54(52(48)56,39-59-33-42-23-11-3-12-24-42)65-53-51(62-36-45-29-17-6-18-30-45)50(61-35-44-27-15-5-16-28-44)49(60-34-43-25-13-4-14-26-43)47(63-53)38-58-32-41-21-9-2-10-22-41/h1-30,46-53,55-56H,31-39H2/t46-,47-,48-,49+,50+,51-,52-,53+,54+/m1/s1. The molecule has 0 spiro atoms. The van der Waals surface area contributed by atoms with E-state index in [1.807, 2.05) is 182 Å². The molecule has 2 N–H and O–H groups in total. The van der Waals surface area contributed by atoms with Gasteiger partial charge in [-0.15, -0.1) is 0 Å². The topological polar surface area (TPSA) is 124 Å². The maximum atomic E-state index is 12.1. The monoisotopic (exact) mass is 882 g/mol. The van der Waals surface area contributed by atoms with Crippen LogP contribution in [0.15, 0.2) is 182 Å². The summed E-state index contributed by atoms with van der Waals surface area (Å²) in [5.74, 6) is -1.95. The van der Waals surface area contributed by atoms with Gasteiger partial charge in [0.2, 0.25) is 5.79 Å². The van der Waals surface area contributed by atoms with Crippen molar-refractivity contribution in [1.82, 2.24) is 0 Å². The molecule has 0 radical (unpaired) electrons. The molecule has 0 aromatic heterocycles. The summed E-state index contributed by atoms with van der Waals surface area (Å²) in [6.07, 6.45) is -8.56. The Bertz CT molecular complexity index is 2220. The first kappa shape index (κ1) is 46.4. The molecule has 11 heteroatoms. The second-order valence-corrected chi connectivity index (χ2v) is 16.3. The van der Waals surface area contributed by atoms with Crippen LogP contribution in [-0.4, -0.2) is 84.8 Å². The van der Waals surface area contributed by atoms with Crippen molar-refractivity contribution in [3.63, 3.8) is 0 Å². The Balaban J connectivity index is 1.13. The number of hydrogen-bond acceptors (Lipinski definition) is 11. The van der Waals surface area contributed by atoms with Crippen LogP contribution >= 0.6 is 0 Å². The van der Waals surface area contributed by atoms with Gasteiger partial charge in [-0.25, -0.2) is 0 Å². The van der Waals surface area contributed by atoms with Crippen molar-refractivity contribution < 1.29 is 52.8 Å². The number of aliphatic hydroxyl groups excluding tert-OH is 2. The SMILES string of the molecule is O[C@H]1[C@@H](O)[C@](COCc2ccccc2)(O[C@@H]2O[C@H](COCc3ccccc3)[C@H](OCc3ccccc3)[C@H](OCc3ccccc3)[C@H]2OCc2ccccc2)O[C@@H]1COCc1ccccc1. The fourth-order valence-electron chi connectivity index (χ4n) is 8.03. The summed E-state index contributed by atoms with van der Waals surface area (Å²) in [5.41, 5.74) is 5.66. The highest BCUT2D eigenvalue weighted by Crippen LogP contribution is 2.39. The largest absolute Gasteiger partial charge is 0.387 e. The molecule has 2 aliphatic rings. The molecule has 2 fully saturated rings. The normalized spacial score (nSPS) is 25.4. The molecule has 2 heterocycles. The van der Waals surface area contributed by atoms with E-state index < -0.39 is 54.8 Å². The summed E-state index contributed by atoms with van der Waals surface area (Å²) in [5, 5.41) is 23.8. The lowest BCUT2D eigenvalue weighted by molar-refractivity contribution is -0.396. The summed E-state index contributed by atoms with van der Waals surface area (Å²) < 4.78 is 60.0. The van der Waals surface area contributed by atoms with Gasteiger partial charge in [0.1, 0.15) is 49.3 Å². The fourth-order valence-corrected chi connectivity index (χ4v) is 8.03. The van der Waals surface area contributed by atoms with Crippen LogP contribution in [0.25, 0.3) is 0 Å². The molecule has 65 heavy (non-hydrogen) atoms. The Kier molecular flexibility index (Phi) is 17.1. The van der Waals surface area contributed by atoms with Crippen molar-refractivity contribution in [2.24, 2.45) is 0 Å². The third-order valence-corrected chi connectivity index (χ3v) is 11.5. The van der Waals surface area contributed by atoms with Crippen molar-refractivity contribution >= 4 is 0 Å². The predicted molar refractivity (Wildman–Crippen MR) is 243 cm³/mol. The van der Waals surface area contributed by atoms with Crippen molar-refractivity contribution in [3.8, 4) is 0 Å². The number of benzene rings is 6. The van der Waals surface area contributed by atoms with E-state index in [1.165, 1.54) is 0 Å². The van der Waals surface area contributed by atoms with Crippen LogP contribution in [-0.2, 0) is 82.3 Å². The molecular weight excluding hydrogens is 825 g/mol. The lowest BCUT2D eigenvalue weighted by atomic mass is 9.97. The number of rotatable bonds is 23. The fraction of sp³-hybridized carbons (Fsp3) is 0.333. The van der Waals surface area contributed by atoms with Crippen LogP contribution in [0.4, 0.5) is 0 Å². The Labute approximate surface area is 381 Å². The molecule has 6 aromatic rings. The second-order valence-electron chi connectivity index (χ2n) is 16.3. The molecule has 0 amide bonds. The van der Waals surface area contributed by atoms with Crippen molar-refractivity contribution in [2.75, 3.05) is 19.8 Å². The number of ether oxygens (including phenoxy) is 9. The van der Waals surface area contributed by atoms with Crippen LogP contribution < -0.4 is 0 Å². The molecule has 8 rings (SSSR count). The van der Waals surface area contributed by atoms with Gasteiger partial charge < -0.3 is 52.8 Å². The minimum atomic E-state index is -1.95. The van der Waals surface area contributed by atoms with Gasteiger partial charge in [0.15, 0.2) is 6.29 Å². The predicted octanol–water partition coefficient (Wildman–Crippen LogP) is 7.95. The highest BCUT2D eigenvalue weighted by Gasteiger charge is 2.60. The van der Waals surface area contributed by atoms with E-state index >= 15 is 0 Å². The van der Waals surface area contributed by atoms with Gasteiger partial charge in [-0.1, -0.05) is 182 Å². The van der Waals surface area contributed by atoms with Crippen LogP contribution in [0.3, 0.4) is 0 Å². The van der Waals surface area contributed by atoms with Gasteiger partial charge in [0.05, 0.1) is 52.9 Å². The van der Waals surface area contributed by atoms with E-state index in [4.69, 9.17) is 42.6 Å². The van der Waals surface area contributed by atoms with Gasteiger partial charge in [-0.2, -0.15) is 0 Å². The highest BCUT2D eigenvalue weighted by molar-refractivity contribution is 5.18. The maximum Gasteiger partial charge on any atom is 0.224 e. The maximum absolute atomic E-state index is 12.1. The zero-order valence-electron chi connectivity index (χ0n) is 36.4. The van der Waals surface area contributed by atoms with E-state index in [2.05, 4.69) is 0 Å². The minimum Gasteiger partial charge on any atom is -0.387 e. The lowest BCUT2D eigenvalue weighted by Gasteiger charge is -2.48. The Morgan fingerprint density at radius 1 is 0.400 bits per heavy atom. The summed E-state index contributed by atoms with van der Waals surface area (Å²) in [4.78, 5) is 0. The van der Waals surface area contributed by atoms with Crippen molar-refractivity contribution in [2.45, 2.75) is 94.4 Å². The molecule has 0 unspecified atom stereocenters. The lowest BCUT2D eigenvalue weighted by Crippen LogP contribution is -2.64. The minimum absolute atomic E-state index is 0.0372. The average Bonchev–Trinajstić information content (AvgIpc) is 3.58. The van der Waals surface area contributed by atoms with Crippen LogP contribution in [0.5, 0.6) is 0 Å². The van der Waals surface area contributed by atoms with Gasteiger partial charge >= 0.3 is 0 Å². The first-order chi connectivity index (χ1) is 32.0. The van der Waals surface area contributed by atoms with E-state index in [0.717, 1.165) is 33.4 Å². The number of aliphatic hydroxyl groups is 2. The van der Waals surface area contributed by atoms with E-state index in [-0.39, 0.29) is 52.9 Å². The molecule has 2 aliphatic heterocycles. The summed E-state index contributed by atoms with van der Waals surface area (Å²) >= 11 is 0. The zero-order chi connectivity index (χ0) is 44.5. The van der Waals surface area contributed by atoms with Crippen molar-refractivity contribution in [1.29, 1.82) is 0 Å². The first-order valence-electron chi connectivity index (χ1n) is 22.2. The summed E-state index contributed by atoms with van der Waals surface area (Å²) in [6.45, 7) is 1.18. The molecular formula is C54H58O11. The molecule has 0 saturated carbocycles. The molecule has 6 aromatic carbocycles. The van der Waals surface area contributed by atoms with Crippen LogP contribution in [0, 0.1) is 0 Å². The van der Waals surface area contributed by atoms with Gasteiger partial charge in [0, 0.05) is 0 Å². The molecule has 11 nitrogen and oxygen atoms in total. The Morgan fingerprint density at radius 3 is 1.18 bits per heavy atom. The third-order valence-electron chi connectivity index (χ3n) is 11.5. The average molecular weight is 883 g/mol. The third kappa shape index (κ3) is 13.0. The van der Waals surface area contributed by atoms with Gasteiger partial charge in [0.25, 0.3) is 0 Å². The summed E-state index contributed by atoms with van der Waals surface area (Å²) in [7, 11) is 0. The van der Waals surface area contributed by atoms with E-state index in [1.54, 1.807) is 0 Å². The molecule has 340 valence electrons. The quantitative estimate of drug-likeness (QED) is 0.0652. The highest BCUT2D eigenvalue weighted by atomic mass is 16.8. The molecule has 0 aliphatic carbocycles. The first-order valence-corrected chi connectivity index (χ1v) is 22.2.